The van der Waals surface area contributed by atoms with Crippen LogP contribution in [0.15, 0.2) is 23.1 Å². The topological polar surface area (TPSA) is 67.6 Å². The van der Waals surface area contributed by atoms with Gasteiger partial charge in [-0.2, -0.15) is 10.4 Å². The van der Waals surface area contributed by atoms with Crippen molar-refractivity contribution in [2.45, 2.75) is 11.8 Å². The number of benzene rings is 1. The van der Waals surface area contributed by atoms with Crippen LogP contribution in [-0.4, -0.2) is 9.78 Å². The van der Waals surface area contributed by atoms with Crippen molar-refractivity contribution < 1.29 is 0 Å². The highest BCUT2D eigenvalue weighted by atomic mass is 35.5. The Kier molecular flexibility index (Phi) is 3.71. The molecule has 18 heavy (non-hydrogen) atoms. The Morgan fingerprint density at radius 2 is 2.17 bits per heavy atom. The van der Waals surface area contributed by atoms with Crippen molar-refractivity contribution >= 4 is 40.8 Å². The van der Waals surface area contributed by atoms with E-state index in [1.165, 1.54) is 4.68 Å². The monoisotopic (exact) mass is 298 g/mol. The van der Waals surface area contributed by atoms with Crippen molar-refractivity contribution in [2.75, 3.05) is 5.73 Å². The molecule has 92 valence electrons. The number of thioether (sulfide) groups is 1. The number of nitrogen functional groups attached to an aromatic ring is 1. The average Bonchev–Trinajstić information content (AvgIpc) is 2.58. The summed E-state index contributed by atoms with van der Waals surface area (Å²) in [6.45, 7) is 1.79. The van der Waals surface area contributed by atoms with Crippen molar-refractivity contribution in [3.8, 4) is 11.1 Å². The van der Waals surface area contributed by atoms with Crippen LogP contribution in [0, 0.1) is 17.6 Å². The van der Waals surface area contributed by atoms with Crippen LogP contribution in [0.5, 0.6) is 0 Å². The molecule has 2 N–H and O–H groups in total. The second kappa shape index (κ2) is 5.11. The molecule has 2 aromatic rings. The highest BCUT2D eigenvalue weighted by Crippen LogP contribution is 2.32. The number of aromatic nitrogens is 2. The standard InChI is InChI=1S/C11H8Cl2N4S/c1-6-10(18-5-14)11(15)17(16-6)9-3-2-7(12)4-8(9)13/h2-4H,15H2,1H3. The SMILES string of the molecule is Cc1nn(-c2ccc(Cl)cc2Cl)c(N)c1SC#N. The van der Waals surface area contributed by atoms with Gasteiger partial charge in [-0.05, 0) is 36.9 Å². The predicted molar refractivity (Wildman–Crippen MR) is 74.2 cm³/mol. The first-order valence-corrected chi connectivity index (χ1v) is 6.48. The van der Waals surface area contributed by atoms with Gasteiger partial charge < -0.3 is 5.73 Å². The van der Waals surface area contributed by atoms with Crippen LogP contribution in [-0.2, 0) is 0 Å². The lowest BCUT2D eigenvalue weighted by Crippen LogP contribution is -2.02. The van der Waals surface area contributed by atoms with E-state index in [4.69, 9.17) is 34.2 Å². The van der Waals surface area contributed by atoms with Crippen LogP contribution < -0.4 is 5.73 Å². The molecule has 0 atom stereocenters. The van der Waals surface area contributed by atoms with Gasteiger partial charge in [-0.3, -0.25) is 0 Å². The summed E-state index contributed by atoms with van der Waals surface area (Å²) in [5, 5.41) is 16.0. The molecule has 0 saturated carbocycles. The Hall–Kier alpha value is -1.35. The summed E-state index contributed by atoms with van der Waals surface area (Å²) >= 11 is 12.9. The van der Waals surface area contributed by atoms with Gasteiger partial charge >= 0.3 is 0 Å². The second-order valence-corrected chi connectivity index (χ2v) is 5.14. The summed E-state index contributed by atoms with van der Waals surface area (Å²) in [7, 11) is 0. The number of nitrogens with zero attached hydrogens (tertiary/aromatic N) is 3. The van der Waals surface area contributed by atoms with Crippen LogP contribution in [0.1, 0.15) is 5.69 Å². The van der Waals surface area contributed by atoms with Gasteiger partial charge in [0.1, 0.15) is 11.2 Å². The molecule has 7 heteroatoms. The van der Waals surface area contributed by atoms with E-state index < -0.39 is 0 Å². The van der Waals surface area contributed by atoms with Crippen LogP contribution in [0.4, 0.5) is 5.82 Å². The van der Waals surface area contributed by atoms with Gasteiger partial charge in [0.25, 0.3) is 0 Å². The fourth-order valence-electron chi connectivity index (χ4n) is 1.54. The Morgan fingerprint density at radius 1 is 1.44 bits per heavy atom. The molecular formula is C11H8Cl2N4S. The summed E-state index contributed by atoms with van der Waals surface area (Å²) in [6.07, 6.45) is 0. The van der Waals surface area contributed by atoms with Crippen LogP contribution in [0.25, 0.3) is 5.69 Å². The smallest absolute Gasteiger partial charge is 0.142 e. The van der Waals surface area contributed by atoms with Gasteiger partial charge in [-0.25, -0.2) is 4.68 Å². The lowest BCUT2D eigenvalue weighted by molar-refractivity contribution is 0.872. The van der Waals surface area contributed by atoms with Crippen LogP contribution >= 0.6 is 35.0 Å². The van der Waals surface area contributed by atoms with Crippen molar-refractivity contribution in [1.82, 2.24) is 9.78 Å². The molecule has 1 aromatic heterocycles. The Bertz CT molecular complexity index is 645. The van der Waals surface area contributed by atoms with Crippen LogP contribution in [0.3, 0.4) is 0 Å². The highest BCUT2D eigenvalue weighted by molar-refractivity contribution is 8.03. The number of nitrogens with two attached hydrogens (primary N) is 1. The zero-order valence-electron chi connectivity index (χ0n) is 9.32. The van der Waals surface area contributed by atoms with Crippen molar-refractivity contribution in [1.29, 1.82) is 5.26 Å². The zero-order chi connectivity index (χ0) is 13.3. The molecule has 0 radical (unpaired) electrons. The number of hydrogen-bond donors (Lipinski definition) is 1. The normalized spacial score (nSPS) is 10.3. The number of rotatable bonds is 2. The maximum atomic E-state index is 8.72. The summed E-state index contributed by atoms with van der Waals surface area (Å²) in [5.74, 6) is 0.392. The summed E-state index contributed by atoms with van der Waals surface area (Å²) < 4.78 is 1.51. The molecule has 0 aliphatic rings. The van der Waals surface area contributed by atoms with E-state index in [1.54, 1.807) is 25.1 Å². The summed E-state index contributed by atoms with van der Waals surface area (Å²) in [4.78, 5) is 0.642. The lowest BCUT2D eigenvalue weighted by Gasteiger charge is -2.06. The third kappa shape index (κ3) is 2.27. The molecule has 1 aromatic carbocycles. The minimum Gasteiger partial charge on any atom is -0.383 e. The van der Waals surface area contributed by atoms with E-state index >= 15 is 0 Å². The highest BCUT2D eigenvalue weighted by Gasteiger charge is 2.16. The fourth-order valence-corrected chi connectivity index (χ4v) is 2.50. The number of halogens is 2. The molecule has 1 heterocycles. The van der Waals surface area contributed by atoms with Gasteiger partial charge in [-0.15, -0.1) is 0 Å². The van der Waals surface area contributed by atoms with Gasteiger partial charge in [0.2, 0.25) is 0 Å². The van der Waals surface area contributed by atoms with Gasteiger partial charge in [-0.1, -0.05) is 23.2 Å². The van der Waals surface area contributed by atoms with E-state index in [1.807, 2.05) is 5.40 Å². The lowest BCUT2D eigenvalue weighted by atomic mass is 10.3. The molecule has 4 nitrogen and oxygen atoms in total. The first-order chi connectivity index (χ1) is 8.54. The molecule has 0 fully saturated rings. The maximum absolute atomic E-state index is 8.72. The number of anilines is 1. The molecule has 0 spiro atoms. The van der Waals surface area contributed by atoms with Gasteiger partial charge in [0.05, 0.1) is 21.3 Å². The van der Waals surface area contributed by atoms with Crippen molar-refractivity contribution in [3.63, 3.8) is 0 Å². The molecule has 0 aliphatic carbocycles. The largest absolute Gasteiger partial charge is 0.383 e. The number of hydrogen-bond acceptors (Lipinski definition) is 4. The molecule has 0 saturated heterocycles. The Morgan fingerprint density at radius 3 is 2.78 bits per heavy atom. The van der Waals surface area contributed by atoms with E-state index in [2.05, 4.69) is 5.10 Å². The summed E-state index contributed by atoms with van der Waals surface area (Å²) in [5.41, 5.74) is 7.28. The average molecular weight is 299 g/mol. The molecule has 0 aliphatic heterocycles. The molecule has 0 amide bonds. The Balaban J connectivity index is 2.58. The van der Waals surface area contributed by atoms with Gasteiger partial charge in [0, 0.05) is 5.02 Å². The fraction of sp³-hybridized carbons (Fsp3) is 0.0909. The maximum Gasteiger partial charge on any atom is 0.142 e. The number of aryl methyl sites for hydroxylation is 1. The molecular weight excluding hydrogens is 291 g/mol. The number of thiocyanates is 1. The van der Waals surface area contributed by atoms with E-state index in [0.29, 0.717) is 32.1 Å². The minimum atomic E-state index is 0.392. The van der Waals surface area contributed by atoms with E-state index in [0.717, 1.165) is 11.8 Å². The zero-order valence-corrected chi connectivity index (χ0v) is 11.6. The number of nitriles is 1. The minimum absolute atomic E-state index is 0.392. The van der Waals surface area contributed by atoms with E-state index in [9.17, 15) is 0 Å². The van der Waals surface area contributed by atoms with E-state index in [-0.39, 0.29) is 0 Å². The van der Waals surface area contributed by atoms with Gasteiger partial charge in [0.15, 0.2) is 0 Å². The van der Waals surface area contributed by atoms with Crippen LogP contribution in [0.2, 0.25) is 10.0 Å². The van der Waals surface area contributed by atoms with Crippen molar-refractivity contribution in [2.24, 2.45) is 0 Å². The third-order valence-corrected chi connectivity index (χ3v) is 3.66. The first-order valence-electron chi connectivity index (χ1n) is 4.91. The summed E-state index contributed by atoms with van der Waals surface area (Å²) in [6, 6.07) is 5.05. The predicted octanol–water partition coefficient (Wildman–Crippen LogP) is 3.64. The first kappa shape index (κ1) is 13.1. The molecule has 0 bridgehead atoms. The molecule has 0 unspecified atom stereocenters. The second-order valence-electron chi connectivity index (χ2n) is 3.50. The van der Waals surface area contributed by atoms with Crippen molar-refractivity contribution in [3.05, 3.63) is 33.9 Å². The third-order valence-electron chi connectivity index (χ3n) is 2.33. The molecule has 2 rings (SSSR count). The quantitative estimate of drug-likeness (QED) is 0.679. The Labute approximate surface area is 118 Å².